The molecule has 0 bridgehead atoms. The molecular formula is C9H9BrF3N. The summed E-state index contributed by atoms with van der Waals surface area (Å²) in [6.07, 6.45) is -1.91. The van der Waals surface area contributed by atoms with Gasteiger partial charge >= 0.3 is 6.18 Å². The molecule has 0 radical (unpaired) electrons. The molecule has 1 nitrogen and oxygen atoms in total. The lowest BCUT2D eigenvalue weighted by molar-refractivity contribution is -0.138. The average Bonchev–Trinajstić information content (AvgIpc) is 2.14. The van der Waals surface area contributed by atoms with Crippen LogP contribution in [0.3, 0.4) is 0 Å². The molecule has 0 saturated heterocycles. The Bertz CT molecular complexity index is 298. The maximum Gasteiger partial charge on any atom is 0.418 e. The fourth-order valence-corrected chi connectivity index (χ4v) is 1.41. The minimum absolute atomic E-state index is 0.124. The van der Waals surface area contributed by atoms with Crippen LogP contribution in [0.1, 0.15) is 17.7 Å². The standard InChI is InChI=1S/C9H9BrF3N/c10-5-1-4-8-7(9(11,12)13)3-2-6-14-8/h2-3,6H,1,4-5H2. The SMILES string of the molecule is FC(F)(F)c1cccnc1CCCBr. The first-order valence-electron chi connectivity index (χ1n) is 4.12. The van der Waals surface area contributed by atoms with Crippen molar-refractivity contribution in [3.05, 3.63) is 29.6 Å². The number of nitrogens with zero attached hydrogens (tertiary/aromatic N) is 1. The maximum atomic E-state index is 12.4. The Labute approximate surface area is 88.5 Å². The monoisotopic (exact) mass is 267 g/mol. The molecule has 0 N–H and O–H groups in total. The van der Waals surface area contributed by atoms with Crippen LogP contribution in [0.5, 0.6) is 0 Å². The van der Waals surface area contributed by atoms with E-state index < -0.39 is 11.7 Å². The van der Waals surface area contributed by atoms with E-state index in [1.807, 2.05) is 0 Å². The quantitative estimate of drug-likeness (QED) is 0.765. The molecule has 0 unspecified atom stereocenters. The minimum Gasteiger partial charge on any atom is -0.261 e. The lowest BCUT2D eigenvalue weighted by Crippen LogP contribution is -2.10. The number of pyridine rings is 1. The average molecular weight is 268 g/mol. The van der Waals surface area contributed by atoms with Crippen LogP contribution in [0.25, 0.3) is 0 Å². The molecule has 0 spiro atoms. The highest BCUT2D eigenvalue weighted by molar-refractivity contribution is 9.09. The van der Waals surface area contributed by atoms with Crippen molar-refractivity contribution in [2.45, 2.75) is 19.0 Å². The number of rotatable bonds is 3. The van der Waals surface area contributed by atoms with Crippen LogP contribution in [0.2, 0.25) is 0 Å². The number of aromatic nitrogens is 1. The van der Waals surface area contributed by atoms with E-state index in [4.69, 9.17) is 0 Å². The van der Waals surface area contributed by atoms with Gasteiger partial charge in [0.1, 0.15) is 0 Å². The Morgan fingerprint density at radius 2 is 2.07 bits per heavy atom. The summed E-state index contributed by atoms with van der Waals surface area (Å²) in [5.41, 5.74) is -0.500. The zero-order chi connectivity index (χ0) is 10.6. The van der Waals surface area contributed by atoms with Gasteiger partial charge in [0, 0.05) is 11.5 Å². The van der Waals surface area contributed by atoms with Gasteiger partial charge in [-0.3, -0.25) is 4.98 Å². The summed E-state index contributed by atoms with van der Waals surface area (Å²) in [4.78, 5) is 3.74. The van der Waals surface area contributed by atoms with Gasteiger partial charge in [-0.05, 0) is 25.0 Å². The summed E-state index contributed by atoms with van der Waals surface area (Å²) in [7, 11) is 0. The molecule has 1 heterocycles. The Morgan fingerprint density at radius 3 is 2.64 bits per heavy atom. The maximum absolute atomic E-state index is 12.4. The Balaban J connectivity index is 2.92. The molecule has 1 aromatic heterocycles. The highest BCUT2D eigenvalue weighted by Crippen LogP contribution is 2.31. The summed E-state index contributed by atoms with van der Waals surface area (Å²) in [6, 6.07) is 2.37. The fraction of sp³-hybridized carbons (Fsp3) is 0.444. The summed E-state index contributed by atoms with van der Waals surface area (Å²) in [6.45, 7) is 0. The van der Waals surface area contributed by atoms with Gasteiger partial charge in [-0.25, -0.2) is 0 Å². The van der Waals surface area contributed by atoms with Crippen molar-refractivity contribution < 1.29 is 13.2 Å². The molecule has 5 heteroatoms. The van der Waals surface area contributed by atoms with Crippen LogP contribution in [0.4, 0.5) is 13.2 Å². The molecule has 1 aromatic rings. The first kappa shape index (κ1) is 11.5. The number of hydrogen-bond acceptors (Lipinski definition) is 1. The van der Waals surface area contributed by atoms with E-state index in [1.165, 1.54) is 12.3 Å². The van der Waals surface area contributed by atoms with E-state index >= 15 is 0 Å². The Hall–Kier alpha value is -0.580. The van der Waals surface area contributed by atoms with Gasteiger partial charge in [0.2, 0.25) is 0 Å². The molecule has 78 valence electrons. The second kappa shape index (κ2) is 4.77. The van der Waals surface area contributed by atoms with Crippen LogP contribution in [0, 0.1) is 0 Å². The predicted molar refractivity (Wildman–Crippen MR) is 51.4 cm³/mol. The number of hydrogen-bond donors (Lipinski definition) is 0. The highest BCUT2D eigenvalue weighted by Gasteiger charge is 2.33. The molecule has 0 fully saturated rings. The van der Waals surface area contributed by atoms with Crippen LogP contribution < -0.4 is 0 Å². The molecule has 14 heavy (non-hydrogen) atoms. The molecule has 0 aliphatic rings. The second-order valence-corrected chi connectivity index (χ2v) is 3.58. The highest BCUT2D eigenvalue weighted by atomic mass is 79.9. The van der Waals surface area contributed by atoms with E-state index in [0.29, 0.717) is 18.2 Å². The number of halogens is 4. The van der Waals surface area contributed by atoms with E-state index in [0.717, 1.165) is 6.07 Å². The summed E-state index contributed by atoms with van der Waals surface area (Å²) in [5, 5.41) is 0.681. The lowest BCUT2D eigenvalue weighted by atomic mass is 10.1. The van der Waals surface area contributed by atoms with Crippen molar-refractivity contribution in [3.8, 4) is 0 Å². The number of aryl methyl sites for hydroxylation is 1. The van der Waals surface area contributed by atoms with Gasteiger partial charge in [0.05, 0.1) is 11.3 Å². The third-order valence-corrected chi connectivity index (χ3v) is 2.30. The topological polar surface area (TPSA) is 12.9 Å². The zero-order valence-electron chi connectivity index (χ0n) is 7.31. The van der Waals surface area contributed by atoms with E-state index in [-0.39, 0.29) is 5.69 Å². The van der Waals surface area contributed by atoms with E-state index in [9.17, 15) is 13.2 Å². The van der Waals surface area contributed by atoms with Gasteiger partial charge in [0.25, 0.3) is 0 Å². The summed E-state index contributed by atoms with van der Waals surface area (Å²) >= 11 is 3.17. The van der Waals surface area contributed by atoms with Crippen molar-refractivity contribution in [3.63, 3.8) is 0 Å². The van der Waals surface area contributed by atoms with Crippen molar-refractivity contribution >= 4 is 15.9 Å². The molecule has 0 aliphatic carbocycles. The molecule has 0 amide bonds. The first-order chi connectivity index (χ1) is 6.55. The van der Waals surface area contributed by atoms with Gasteiger partial charge in [-0.1, -0.05) is 15.9 Å². The normalized spacial score (nSPS) is 11.7. The van der Waals surface area contributed by atoms with Crippen molar-refractivity contribution in [1.82, 2.24) is 4.98 Å². The van der Waals surface area contributed by atoms with E-state index in [1.54, 1.807) is 0 Å². The molecular weight excluding hydrogens is 259 g/mol. The first-order valence-corrected chi connectivity index (χ1v) is 5.25. The second-order valence-electron chi connectivity index (χ2n) is 2.79. The van der Waals surface area contributed by atoms with Gasteiger partial charge in [-0.2, -0.15) is 13.2 Å². The van der Waals surface area contributed by atoms with Gasteiger partial charge in [-0.15, -0.1) is 0 Å². The lowest BCUT2D eigenvalue weighted by Gasteiger charge is -2.10. The summed E-state index contributed by atoms with van der Waals surface area (Å²) < 4.78 is 37.3. The van der Waals surface area contributed by atoms with Crippen LogP contribution in [-0.2, 0) is 12.6 Å². The largest absolute Gasteiger partial charge is 0.418 e. The Morgan fingerprint density at radius 1 is 1.36 bits per heavy atom. The number of alkyl halides is 4. The van der Waals surface area contributed by atoms with Crippen LogP contribution in [-0.4, -0.2) is 10.3 Å². The smallest absolute Gasteiger partial charge is 0.261 e. The predicted octanol–water partition coefficient (Wildman–Crippen LogP) is 3.43. The van der Waals surface area contributed by atoms with Crippen molar-refractivity contribution in [2.24, 2.45) is 0 Å². The summed E-state index contributed by atoms with van der Waals surface area (Å²) in [5.74, 6) is 0. The van der Waals surface area contributed by atoms with Crippen molar-refractivity contribution in [2.75, 3.05) is 5.33 Å². The molecule has 0 atom stereocenters. The van der Waals surface area contributed by atoms with E-state index in [2.05, 4.69) is 20.9 Å². The molecule has 0 aromatic carbocycles. The third-order valence-electron chi connectivity index (χ3n) is 1.74. The van der Waals surface area contributed by atoms with Gasteiger partial charge in [0.15, 0.2) is 0 Å². The van der Waals surface area contributed by atoms with Gasteiger partial charge < -0.3 is 0 Å². The Kier molecular flexibility index (Phi) is 3.92. The van der Waals surface area contributed by atoms with Crippen LogP contribution >= 0.6 is 15.9 Å². The van der Waals surface area contributed by atoms with Crippen LogP contribution in [0.15, 0.2) is 18.3 Å². The van der Waals surface area contributed by atoms with Crippen molar-refractivity contribution in [1.29, 1.82) is 0 Å². The molecule has 0 aliphatic heterocycles. The molecule has 0 saturated carbocycles. The third kappa shape index (κ3) is 2.97. The molecule has 1 rings (SSSR count). The minimum atomic E-state index is -4.30. The zero-order valence-corrected chi connectivity index (χ0v) is 8.90. The fourth-order valence-electron chi connectivity index (χ4n) is 1.13.